The highest BCUT2D eigenvalue weighted by atomic mass is 19.1. The van der Waals surface area contributed by atoms with Crippen LogP contribution in [0.15, 0.2) is 18.2 Å². The van der Waals surface area contributed by atoms with Crippen molar-refractivity contribution in [3.8, 4) is 11.8 Å². The average molecular weight is 275 g/mol. The molecule has 2 N–H and O–H groups in total. The summed E-state index contributed by atoms with van der Waals surface area (Å²) < 4.78 is 13.8. The Kier molecular flexibility index (Phi) is 5.14. The van der Waals surface area contributed by atoms with E-state index >= 15 is 0 Å². The molecule has 0 saturated heterocycles. The number of hydrogen-bond acceptors (Lipinski definition) is 2. The first-order valence-electron chi connectivity index (χ1n) is 6.91. The van der Waals surface area contributed by atoms with E-state index in [2.05, 4.69) is 17.2 Å². The molecule has 1 aromatic carbocycles. The highest BCUT2D eigenvalue weighted by Crippen LogP contribution is 2.26. The molecule has 3 nitrogen and oxygen atoms in total. The third-order valence-electron chi connectivity index (χ3n) is 3.42. The van der Waals surface area contributed by atoms with Crippen LogP contribution in [0.4, 0.5) is 10.1 Å². The standard InChI is InChI=1S/C16H18FNO2/c17-15-11-14(9-8-12(15)5-3-4-10-19)18-16(20)13-6-1-2-7-13/h8-9,11,13,19H,1-2,4,6-7,10H2,(H,18,20). The number of carbonyl (C=O) groups is 1. The number of nitrogens with one attached hydrogen (secondary N) is 1. The van der Waals surface area contributed by atoms with Gasteiger partial charge in [0.25, 0.3) is 0 Å². The molecule has 1 saturated carbocycles. The van der Waals surface area contributed by atoms with Crippen LogP contribution in [-0.4, -0.2) is 17.6 Å². The van der Waals surface area contributed by atoms with Crippen molar-refractivity contribution in [2.45, 2.75) is 32.1 Å². The highest BCUT2D eigenvalue weighted by Gasteiger charge is 2.22. The first-order chi connectivity index (χ1) is 9.70. The van der Waals surface area contributed by atoms with Crippen molar-refractivity contribution in [1.29, 1.82) is 0 Å². The van der Waals surface area contributed by atoms with Crippen LogP contribution in [0.5, 0.6) is 0 Å². The number of hydrogen-bond donors (Lipinski definition) is 2. The van der Waals surface area contributed by atoms with Crippen LogP contribution in [0.25, 0.3) is 0 Å². The Labute approximate surface area is 118 Å². The first kappa shape index (κ1) is 14.5. The van der Waals surface area contributed by atoms with Gasteiger partial charge in [-0.2, -0.15) is 0 Å². The highest BCUT2D eigenvalue weighted by molar-refractivity contribution is 5.92. The minimum atomic E-state index is -0.459. The third-order valence-corrected chi connectivity index (χ3v) is 3.42. The predicted octanol–water partition coefficient (Wildman–Crippen LogP) is 2.69. The summed E-state index contributed by atoms with van der Waals surface area (Å²) in [4.78, 5) is 11.9. The molecule has 0 heterocycles. The molecule has 0 bridgehead atoms. The smallest absolute Gasteiger partial charge is 0.227 e. The lowest BCUT2D eigenvalue weighted by Gasteiger charge is -2.10. The maximum Gasteiger partial charge on any atom is 0.227 e. The summed E-state index contributed by atoms with van der Waals surface area (Å²) in [5.41, 5.74) is 0.740. The minimum Gasteiger partial charge on any atom is -0.395 e. The Morgan fingerprint density at radius 1 is 1.40 bits per heavy atom. The van der Waals surface area contributed by atoms with E-state index in [-0.39, 0.29) is 24.0 Å². The molecule has 0 unspecified atom stereocenters. The molecule has 0 aliphatic heterocycles. The predicted molar refractivity (Wildman–Crippen MR) is 75.6 cm³/mol. The normalized spacial score (nSPS) is 14.7. The maximum absolute atomic E-state index is 13.8. The molecular weight excluding hydrogens is 257 g/mol. The monoisotopic (exact) mass is 275 g/mol. The third kappa shape index (κ3) is 3.82. The molecule has 0 radical (unpaired) electrons. The lowest BCUT2D eigenvalue weighted by atomic mass is 10.1. The molecule has 0 atom stereocenters. The zero-order chi connectivity index (χ0) is 14.4. The summed E-state index contributed by atoms with van der Waals surface area (Å²) >= 11 is 0. The molecule has 1 aromatic rings. The number of rotatable bonds is 3. The van der Waals surface area contributed by atoms with E-state index in [0.29, 0.717) is 12.1 Å². The van der Waals surface area contributed by atoms with Crippen LogP contribution in [0.2, 0.25) is 0 Å². The van der Waals surface area contributed by atoms with Crippen LogP contribution >= 0.6 is 0 Å². The van der Waals surface area contributed by atoms with Gasteiger partial charge in [0.15, 0.2) is 0 Å². The second-order valence-electron chi connectivity index (χ2n) is 4.94. The lowest BCUT2D eigenvalue weighted by molar-refractivity contribution is -0.119. The van der Waals surface area contributed by atoms with Crippen LogP contribution in [0, 0.1) is 23.6 Å². The van der Waals surface area contributed by atoms with Crippen molar-refractivity contribution in [3.63, 3.8) is 0 Å². The number of anilines is 1. The molecule has 1 fully saturated rings. The number of halogens is 1. The van der Waals surface area contributed by atoms with E-state index in [4.69, 9.17) is 5.11 Å². The van der Waals surface area contributed by atoms with Crippen molar-refractivity contribution >= 4 is 11.6 Å². The van der Waals surface area contributed by atoms with Gasteiger partial charge in [-0.3, -0.25) is 4.79 Å². The number of carbonyl (C=O) groups excluding carboxylic acids is 1. The van der Waals surface area contributed by atoms with Crippen LogP contribution < -0.4 is 5.32 Å². The number of aliphatic hydroxyl groups excluding tert-OH is 1. The second-order valence-corrected chi connectivity index (χ2v) is 4.94. The first-order valence-corrected chi connectivity index (χ1v) is 6.91. The van der Waals surface area contributed by atoms with Gasteiger partial charge in [0.1, 0.15) is 5.82 Å². The zero-order valence-electron chi connectivity index (χ0n) is 11.3. The summed E-state index contributed by atoms with van der Waals surface area (Å²) in [5.74, 6) is 4.89. The summed E-state index contributed by atoms with van der Waals surface area (Å²) in [7, 11) is 0. The van der Waals surface area contributed by atoms with Gasteiger partial charge in [-0.25, -0.2) is 4.39 Å². The Morgan fingerprint density at radius 3 is 2.80 bits per heavy atom. The van der Waals surface area contributed by atoms with Gasteiger partial charge in [0.2, 0.25) is 5.91 Å². The van der Waals surface area contributed by atoms with Crippen molar-refractivity contribution < 1.29 is 14.3 Å². The largest absolute Gasteiger partial charge is 0.395 e. The molecule has 2 rings (SSSR count). The maximum atomic E-state index is 13.8. The summed E-state index contributed by atoms with van der Waals surface area (Å²) in [6, 6.07) is 4.48. The van der Waals surface area contributed by atoms with Crippen molar-refractivity contribution in [2.75, 3.05) is 11.9 Å². The molecule has 0 aromatic heterocycles. The summed E-state index contributed by atoms with van der Waals surface area (Å²) in [6.07, 6.45) is 4.33. The Morgan fingerprint density at radius 2 is 2.15 bits per heavy atom. The van der Waals surface area contributed by atoms with Crippen LogP contribution in [0.3, 0.4) is 0 Å². The van der Waals surface area contributed by atoms with Gasteiger partial charge in [-0.15, -0.1) is 0 Å². The van der Waals surface area contributed by atoms with Gasteiger partial charge in [0, 0.05) is 18.0 Å². The van der Waals surface area contributed by atoms with Crippen molar-refractivity contribution in [3.05, 3.63) is 29.6 Å². The van der Waals surface area contributed by atoms with Crippen molar-refractivity contribution in [1.82, 2.24) is 0 Å². The van der Waals surface area contributed by atoms with Crippen LogP contribution in [-0.2, 0) is 4.79 Å². The fourth-order valence-electron chi connectivity index (χ4n) is 2.34. The molecule has 1 aliphatic rings. The fraction of sp³-hybridized carbons (Fsp3) is 0.438. The van der Waals surface area contributed by atoms with Gasteiger partial charge in [-0.05, 0) is 31.0 Å². The zero-order valence-corrected chi connectivity index (χ0v) is 11.3. The van der Waals surface area contributed by atoms with E-state index in [9.17, 15) is 9.18 Å². The quantitative estimate of drug-likeness (QED) is 0.833. The van der Waals surface area contributed by atoms with Crippen molar-refractivity contribution in [2.24, 2.45) is 5.92 Å². The molecule has 0 spiro atoms. The Hall–Kier alpha value is -1.86. The minimum absolute atomic E-state index is 0.0268. The fourth-order valence-corrected chi connectivity index (χ4v) is 2.34. The van der Waals surface area contributed by atoms with Gasteiger partial charge < -0.3 is 10.4 Å². The van der Waals surface area contributed by atoms with E-state index in [1.54, 1.807) is 12.1 Å². The number of aliphatic hydroxyl groups is 1. The van der Waals surface area contributed by atoms with Crippen LogP contribution in [0.1, 0.15) is 37.7 Å². The molecule has 20 heavy (non-hydrogen) atoms. The molecule has 4 heteroatoms. The van der Waals surface area contributed by atoms with E-state index in [0.717, 1.165) is 25.7 Å². The van der Waals surface area contributed by atoms with Gasteiger partial charge in [-0.1, -0.05) is 24.7 Å². The second kappa shape index (κ2) is 7.06. The van der Waals surface area contributed by atoms with Gasteiger partial charge in [0.05, 0.1) is 12.2 Å². The van der Waals surface area contributed by atoms with Gasteiger partial charge >= 0.3 is 0 Å². The Bertz CT molecular complexity index is 539. The molecule has 1 aliphatic carbocycles. The Balaban J connectivity index is 2.01. The molecule has 106 valence electrons. The number of benzene rings is 1. The van der Waals surface area contributed by atoms with E-state index in [1.807, 2.05) is 0 Å². The summed E-state index contributed by atoms with van der Waals surface area (Å²) in [5, 5.41) is 11.4. The number of amides is 1. The summed E-state index contributed by atoms with van der Waals surface area (Å²) in [6.45, 7) is -0.0376. The molecular formula is C16H18FNO2. The van der Waals surface area contributed by atoms with E-state index < -0.39 is 5.82 Å². The topological polar surface area (TPSA) is 49.3 Å². The SMILES string of the molecule is O=C(Nc1ccc(C#CCCO)c(F)c1)C1CCCC1. The molecule has 1 amide bonds. The lowest BCUT2D eigenvalue weighted by Crippen LogP contribution is -2.20. The van der Waals surface area contributed by atoms with E-state index in [1.165, 1.54) is 6.07 Å². The average Bonchev–Trinajstić information content (AvgIpc) is 2.95.